The number of benzene rings is 1. The number of hydrogen-bond acceptors (Lipinski definition) is 3. The van der Waals surface area contributed by atoms with Crippen molar-refractivity contribution in [3.8, 4) is 5.75 Å². The summed E-state index contributed by atoms with van der Waals surface area (Å²) in [6.45, 7) is 1.86. The second kappa shape index (κ2) is 5.36. The van der Waals surface area contributed by atoms with Crippen molar-refractivity contribution < 1.29 is 4.74 Å². The maximum atomic E-state index is 5.96. The Bertz CT molecular complexity index is 515. The molecule has 2 heterocycles. The Morgan fingerprint density at radius 1 is 1.22 bits per heavy atom. The molecule has 0 saturated carbocycles. The predicted octanol–water partition coefficient (Wildman–Crippen LogP) is 2.76. The van der Waals surface area contributed by atoms with Crippen LogP contribution in [0.15, 0.2) is 36.5 Å². The van der Waals surface area contributed by atoms with E-state index in [2.05, 4.69) is 16.4 Å². The van der Waals surface area contributed by atoms with Crippen LogP contribution in [0, 0.1) is 0 Å². The lowest BCUT2D eigenvalue weighted by Gasteiger charge is -2.23. The molecule has 18 heavy (non-hydrogen) atoms. The molecule has 1 aromatic heterocycles. The fourth-order valence-corrected chi connectivity index (χ4v) is 2.45. The number of para-hydroxylation sites is 1. The van der Waals surface area contributed by atoms with Crippen molar-refractivity contribution in [2.45, 2.75) is 25.3 Å². The predicted molar refractivity (Wildman–Crippen MR) is 72.9 cm³/mol. The molecular formula is C15H18N2O. The van der Waals surface area contributed by atoms with E-state index < -0.39 is 0 Å². The van der Waals surface area contributed by atoms with Crippen molar-refractivity contribution in [1.29, 1.82) is 0 Å². The smallest absolute Gasteiger partial charge is 0.130 e. The quantitative estimate of drug-likeness (QED) is 0.898. The zero-order valence-electron chi connectivity index (χ0n) is 10.4. The fraction of sp³-hybridized carbons (Fsp3) is 0.400. The summed E-state index contributed by atoms with van der Waals surface area (Å²) in [5, 5.41) is 4.59. The highest BCUT2D eigenvalue weighted by molar-refractivity contribution is 5.84. The number of nitrogens with zero attached hydrogens (tertiary/aromatic N) is 1. The summed E-state index contributed by atoms with van der Waals surface area (Å²) < 4.78 is 5.96. The molecule has 3 heteroatoms. The number of rotatable bonds is 3. The van der Waals surface area contributed by atoms with Crippen LogP contribution in [-0.2, 0) is 0 Å². The molecule has 94 valence electrons. The summed E-state index contributed by atoms with van der Waals surface area (Å²) in [5.41, 5.74) is 0.992. The lowest BCUT2D eigenvalue weighted by molar-refractivity contribution is 0.241. The van der Waals surface area contributed by atoms with Gasteiger partial charge in [0.05, 0.1) is 5.52 Å². The average Bonchev–Trinajstić information content (AvgIpc) is 2.46. The van der Waals surface area contributed by atoms with Gasteiger partial charge < -0.3 is 10.1 Å². The molecule has 1 aliphatic rings. The molecule has 2 aromatic rings. The highest BCUT2D eigenvalue weighted by atomic mass is 16.5. The highest BCUT2D eigenvalue weighted by Crippen LogP contribution is 2.23. The second-order valence-corrected chi connectivity index (χ2v) is 4.78. The van der Waals surface area contributed by atoms with Crippen LogP contribution in [-0.4, -0.2) is 24.2 Å². The highest BCUT2D eigenvalue weighted by Gasteiger charge is 2.13. The molecule has 0 bridgehead atoms. The molecule has 3 rings (SSSR count). The van der Waals surface area contributed by atoms with Gasteiger partial charge in [0.15, 0.2) is 0 Å². The molecule has 1 unspecified atom stereocenters. The number of fused-ring (bicyclic) bond motifs is 1. The molecule has 0 aliphatic carbocycles. The van der Waals surface area contributed by atoms with Gasteiger partial charge in [0.2, 0.25) is 0 Å². The van der Waals surface area contributed by atoms with Crippen molar-refractivity contribution in [1.82, 2.24) is 10.3 Å². The van der Waals surface area contributed by atoms with Crippen molar-refractivity contribution in [2.75, 3.05) is 13.2 Å². The first-order valence-electron chi connectivity index (χ1n) is 6.63. The van der Waals surface area contributed by atoms with E-state index in [-0.39, 0.29) is 0 Å². The number of hydrogen-bond donors (Lipinski definition) is 1. The van der Waals surface area contributed by atoms with Crippen LogP contribution in [0.5, 0.6) is 5.75 Å². The Hall–Kier alpha value is -1.61. The molecule has 1 aromatic carbocycles. The van der Waals surface area contributed by atoms with E-state index in [1.54, 1.807) is 0 Å². The first-order chi connectivity index (χ1) is 8.93. The van der Waals surface area contributed by atoms with Crippen LogP contribution in [0.2, 0.25) is 0 Å². The van der Waals surface area contributed by atoms with E-state index in [1.807, 2.05) is 30.5 Å². The van der Waals surface area contributed by atoms with Gasteiger partial charge in [0.25, 0.3) is 0 Å². The van der Waals surface area contributed by atoms with Gasteiger partial charge in [-0.15, -0.1) is 0 Å². The Balaban J connectivity index is 1.74. The standard InChI is InChI=1S/C15H18N2O/c1-2-7-14-13(6-1)15(8-10-17-14)18-11-12-5-3-4-9-16-12/h1-2,6-8,10,12,16H,3-5,9,11H2. The van der Waals surface area contributed by atoms with E-state index >= 15 is 0 Å². The van der Waals surface area contributed by atoms with Crippen LogP contribution < -0.4 is 10.1 Å². The van der Waals surface area contributed by atoms with Crippen molar-refractivity contribution in [2.24, 2.45) is 0 Å². The molecule has 1 N–H and O–H groups in total. The van der Waals surface area contributed by atoms with E-state index in [0.29, 0.717) is 6.04 Å². The van der Waals surface area contributed by atoms with Gasteiger partial charge >= 0.3 is 0 Å². The van der Waals surface area contributed by atoms with E-state index in [4.69, 9.17) is 4.74 Å². The van der Waals surface area contributed by atoms with Crippen molar-refractivity contribution >= 4 is 10.9 Å². The van der Waals surface area contributed by atoms with Gasteiger partial charge in [0.1, 0.15) is 12.4 Å². The van der Waals surface area contributed by atoms with Gasteiger partial charge in [-0.05, 0) is 37.6 Å². The zero-order chi connectivity index (χ0) is 12.2. The third kappa shape index (κ3) is 2.46. The third-order valence-corrected chi connectivity index (χ3v) is 3.46. The zero-order valence-corrected chi connectivity index (χ0v) is 10.4. The molecule has 0 spiro atoms. The lowest BCUT2D eigenvalue weighted by atomic mass is 10.1. The molecule has 3 nitrogen and oxygen atoms in total. The monoisotopic (exact) mass is 242 g/mol. The van der Waals surface area contributed by atoms with Crippen LogP contribution in [0.1, 0.15) is 19.3 Å². The topological polar surface area (TPSA) is 34.1 Å². The van der Waals surface area contributed by atoms with Gasteiger partial charge in [-0.2, -0.15) is 0 Å². The lowest BCUT2D eigenvalue weighted by Crippen LogP contribution is -2.38. The fourth-order valence-electron chi connectivity index (χ4n) is 2.45. The summed E-state index contributed by atoms with van der Waals surface area (Å²) >= 11 is 0. The summed E-state index contributed by atoms with van der Waals surface area (Å²) in [5.74, 6) is 0.938. The van der Waals surface area contributed by atoms with Crippen LogP contribution in [0.25, 0.3) is 10.9 Å². The summed E-state index contributed by atoms with van der Waals surface area (Å²) in [7, 11) is 0. The van der Waals surface area contributed by atoms with E-state index in [9.17, 15) is 0 Å². The van der Waals surface area contributed by atoms with Crippen LogP contribution >= 0.6 is 0 Å². The molecule has 1 saturated heterocycles. The molecule has 1 atom stereocenters. The van der Waals surface area contributed by atoms with E-state index in [1.165, 1.54) is 19.3 Å². The summed E-state index contributed by atoms with van der Waals surface area (Å²) in [6.07, 6.45) is 5.61. The first kappa shape index (κ1) is 11.5. The summed E-state index contributed by atoms with van der Waals surface area (Å²) in [6, 6.07) is 10.5. The van der Waals surface area contributed by atoms with Gasteiger partial charge in [0, 0.05) is 17.6 Å². The maximum absolute atomic E-state index is 5.96. The van der Waals surface area contributed by atoms with Crippen LogP contribution in [0.3, 0.4) is 0 Å². The number of piperidine rings is 1. The average molecular weight is 242 g/mol. The Labute approximate surface area is 107 Å². The number of ether oxygens (including phenoxy) is 1. The second-order valence-electron chi connectivity index (χ2n) is 4.78. The van der Waals surface area contributed by atoms with Crippen molar-refractivity contribution in [3.63, 3.8) is 0 Å². The minimum Gasteiger partial charge on any atom is -0.491 e. The SMILES string of the molecule is c1ccc2c(OCC3CCCCN3)ccnc2c1. The summed E-state index contributed by atoms with van der Waals surface area (Å²) in [4.78, 5) is 4.34. The Morgan fingerprint density at radius 3 is 3.06 bits per heavy atom. The van der Waals surface area contributed by atoms with Gasteiger partial charge in [-0.25, -0.2) is 0 Å². The Morgan fingerprint density at radius 2 is 2.17 bits per heavy atom. The van der Waals surface area contributed by atoms with Crippen molar-refractivity contribution in [3.05, 3.63) is 36.5 Å². The molecule has 1 fully saturated rings. The molecule has 0 amide bonds. The van der Waals surface area contributed by atoms with Crippen LogP contribution in [0.4, 0.5) is 0 Å². The Kier molecular flexibility index (Phi) is 3.42. The van der Waals surface area contributed by atoms with E-state index in [0.717, 1.165) is 29.8 Å². The van der Waals surface area contributed by atoms with Gasteiger partial charge in [-0.3, -0.25) is 4.98 Å². The molecule has 0 radical (unpaired) electrons. The largest absolute Gasteiger partial charge is 0.491 e. The minimum absolute atomic E-state index is 0.491. The number of nitrogens with one attached hydrogen (secondary N) is 1. The third-order valence-electron chi connectivity index (χ3n) is 3.46. The van der Waals surface area contributed by atoms with Gasteiger partial charge in [-0.1, -0.05) is 18.6 Å². The molecular weight excluding hydrogens is 224 g/mol. The first-order valence-corrected chi connectivity index (χ1v) is 6.63. The number of aromatic nitrogens is 1. The minimum atomic E-state index is 0.491. The normalized spacial score (nSPS) is 19.9. The maximum Gasteiger partial charge on any atom is 0.130 e. The number of pyridine rings is 1. The molecule has 1 aliphatic heterocycles.